The zero-order valence-electron chi connectivity index (χ0n) is 9.49. The summed E-state index contributed by atoms with van der Waals surface area (Å²) in [6, 6.07) is 9.22. The van der Waals surface area contributed by atoms with Gasteiger partial charge in [0.1, 0.15) is 0 Å². The van der Waals surface area contributed by atoms with E-state index in [0.29, 0.717) is 12.0 Å². The van der Waals surface area contributed by atoms with E-state index in [1.807, 2.05) is 12.1 Å². The maximum Gasteiger partial charge on any atom is 0.251 e. The molecule has 0 saturated heterocycles. The minimum atomic E-state index is -0.0445. The van der Waals surface area contributed by atoms with Crippen LogP contribution in [-0.2, 0) is 6.42 Å². The molecule has 0 spiro atoms. The number of nitriles is 1. The standard InChI is InChI=1S/C13H16N2O/c1-2-3-10-15-13(16)12-6-4-11(5-7-12)8-9-14/h4-7H,2-3,8,10H2,1H3,(H,15,16). The fourth-order valence-electron chi connectivity index (χ4n) is 1.35. The van der Waals surface area contributed by atoms with Gasteiger partial charge in [-0.15, -0.1) is 0 Å². The molecule has 0 unspecified atom stereocenters. The first-order chi connectivity index (χ1) is 7.77. The van der Waals surface area contributed by atoms with E-state index in [2.05, 4.69) is 18.3 Å². The highest BCUT2D eigenvalue weighted by molar-refractivity contribution is 5.94. The molecule has 0 aliphatic carbocycles. The number of unbranched alkanes of at least 4 members (excludes halogenated alkanes) is 1. The van der Waals surface area contributed by atoms with Crippen molar-refractivity contribution in [2.45, 2.75) is 26.2 Å². The molecule has 3 nitrogen and oxygen atoms in total. The van der Waals surface area contributed by atoms with Crippen molar-refractivity contribution < 1.29 is 4.79 Å². The zero-order chi connectivity index (χ0) is 11.8. The van der Waals surface area contributed by atoms with E-state index in [9.17, 15) is 4.79 Å². The maximum atomic E-state index is 11.6. The third-order valence-corrected chi connectivity index (χ3v) is 2.32. The van der Waals surface area contributed by atoms with Crippen LogP contribution in [0.1, 0.15) is 35.7 Å². The van der Waals surface area contributed by atoms with Gasteiger partial charge in [-0.2, -0.15) is 5.26 Å². The predicted octanol–water partition coefficient (Wildman–Crippen LogP) is 2.28. The first-order valence-electron chi connectivity index (χ1n) is 5.52. The summed E-state index contributed by atoms with van der Waals surface area (Å²) in [4.78, 5) is 11.6. The first kappa shape index (κ1) is 12.3. The van der Waals surface area contributed by atoms with Crippen LogP contribution in [-0.4, -0.2) is 12.5 Å². The number of amides is 1. The Morgan fingerprint density at radius 3 is 2.62 bits per heavy atom. The Balaban J connectivity index is 2.53. The summed E-state index contributed by atoms with van der Waals surface area (Å²) < 4.78 is 0. The molecule has 0 radical (unpaired) electrons. The topological polar surface area (TPSA) is 52.9 Å². The van der Waals surface area contributed by atoms with Gasteiger partial charge in [-0.1, -0.05) is 25.5 Å². The highest BCUT2D eigenvalue weighted by atomic mass is 16.1. The van der Waals surface area contributed by atoms with Crippen molar-refractivity contribution in [1.82, 2.24) is 5.32 Å². The summed E-state index contributed by atoms with van der Waals surface area (Å²) in [5, 5.41) is 11.4. The number of nitrogens with one attached hydrogen (secondary N) is 1. The molecule has 0 aromatic heterocycles. The molecule has 0 aliphatic heterocycles. The zero-order valence-corrected chi connectivity index (χ0v) is 9.49. The predicted molar refractivity (Wildman–Crippen MR) is 63.0 cm³/mol. The largest absolute Gasteiger partial charge is 0.352 e. The number of hydrogen-bond donors (Lipinski definition) is 1. The molecular formula is C13H16N2O. The monoisotopic (exact) mass is 216 g/mol. The molecule has 1 aromatic carbocycles. The molecule has 84 valence electrons. The smallest absolute Gasteiger partial charge is 0.251 e. The van der Waals surface area contributed by atoms with Crippen LogP contribution in [0, 0.1) is 11.3 Å². The van der Waals surface area contributed by atoms with Crippen LogP contribution in [0.5, 0.6) is 0 Å². The van der Waals surface area contributed by atoms with Gasteiger partial charge < -0.3 is 5.32 Å². The Hall–Kier alpha value is -1.82. The lowest BCUT2D eigenvalue weighted by Crippen LogP contribution is -2.24. The van der Waals surface area contributed by atoms with E-state index in [-0.39, 0.29) is 5.91 Å². The minimum absolute atomic E-state index is 0.0445. The van der Waals surface area contributed by atoms with E-state index < -0.39 is 0 Å². The molecule has 1 rings (SSSR count). The van der Waals surface area contributed by atoms with Gasteiger partial charge in [-0.25, -0.2) is 0 Å². The molecule has 1 aromatic rings. The number of nitrogens with zero attached hydrogens (tertiary/aromatic N) is 1. The lowest BCUT2D eigenvalue weighted by Gasteiger charge is -2.04. The number of benzene rings is 1. The van der Waals surface area contributed by atoms with Crippen molar-refractivity contribution in [3.63, 3.8) is 0 Å². The van der Waals surface area contributed by atoms with Crippen molar-refractivity contribution >= 4 is 5.91 Å². The minimum Gasteiger partial charge on any atom is -0.352 e. The van der Waals surface area contributed by atoms with Crippen LogP contribution in [0.25, 0.3) is 0 Å². The van der Waals surface area contributed by atoms with E-state index in [0.717, 1.165) is 24.9 Å². The van der Waals surface area contributed by atoms with Gasteiger partial charge in [-0.05, 0) is 24.1 Å². The van der Waals surface area contributed by atoms with E-state index >= 15 is 0 Å². The SMILES string of the molecule is CCCCNC(=O)c1ccc(CC#N)cc1. The summed E-state index contributed by atoms with van der Waals surface area (Å²) in [7, 11) is 0. The molecule has 0 atom stereocenters. The van der Waals surface area contributed by atoms with Crippen LogP contribution in [0.2, 0.25) is 0 Å². The van der Waals surface area contributed by atoms with Crippen molar-refractivity contribution in [3.05, 3.63) is 35.4 Å². The summed E-state index contributed by atoms with van der Waals surface area (Å²) in [6.07, 6.45) is 2.46. The molecule has 0 aliphatic rings. The van der Waals surface area contributed by atoms with E-state index in [1.165, 1.54) is 0 Å². The van der Waals surface area contributed by atoms with Crippen LogP contribution in [0.3, 0.4) is 0 Å². The number of hydrogen-bond acceptors (Lipinski definition) is 2. The van der Waals surface area contributed by atoms with Crippen molar-refractivity contribution in [2.24, 2.45) is 0 Å². The Morgan fingerprint density at radius 2 is 2.06 bits per heavy atom. The van der Waals surface area contributed by atoms with Gasteiger partial charge in [-0.3, -0.25) is 4.79 Å². The normalized spacial score (nSPS) is 9.50. The quantitative estimate of drug-likeness (QED) is 0.768. The fourth-order valence-corrected chi connectivity index (χ4v) is 1.35. The second kappa shape index (κ2) is 6.62. The summed E-state index contributed by atoms with van der Waals surface area (Å²) in [6.45, 7) is 2.80. The van der Waals surface area contributed by atoms with Gasteiger partial charge >= 0.3 is 0 Å². The van der Waals surface area contributed by atoms with Crippen LogP contribution >= 0.6 is 0 Å². The molecule has 16 heavy (non-hydrogen) atoms. The van der Waals surface area contributed by atoms with E-state index in [4.69, 9.17) is 5.26 Å². The fraction of sp³-hybridized carbons (Fsp3) is 0.385. The summed E-state index contributed by atoms with van der Waals surface area (Å²) >= 11 is 0. The second-order valence-electron chi connectivity index (χ2n) is 3.64. The lowest BCUT2D eigenvalue weighted by atomic mass is 10.1. The summed E-state index contributed by atoms with van der Waals surface area (Å²) in [5.74, 6) is -0.0445. The molecule has 0 saturated carbocycles. The van der Waals surface area contributed by atoms with Gasteiger partial charge in [0.25, 0.3) is 5.91 Å². The van der Waals surface area contributed by atoms with Crippen molar-refractivity contribution in [3.8, 4) is 6.07 Å². The Morgan fingerprint density at radius 1 is 1.38 bits per heavy atom. The highest BCUT2D eigenvalue weighted by Crippen LogP contribution is 2.04. The Labute approximate surface area is 96.1 Å². The molecule has 1 amide bonds. The molecular weight excluding hydrogens is 200 g/mol. The average molecular weight is 216 g/mol. The molecule has 1 N–H and O–H groups in total. The van der Waals surface area contributed by atoms with Crippen molar-refractivity contribution in [2.75, 3.05) is 6.54 Å². The Kier molecular flexibility index (Phi) is 5.07. The van der Waals surface area contributed by atoms with E-state index in [1.54, 1.807) is 12.1 Å². The van der Waals surface area contributed by atoms with Crippen molar-refractivity contribution in [1.29, 1.82) is 5.26 Å². The van der Waals surface area contributed by atoms with Gasteiger partial charge in [0.15, 0.2) is 0 Å². The third kappa shape index (κ3) is 3.74. The van der Waals surface area contributed by atoms with Crippen LogP contribution < -0.4 is 5.32 Å². The molecule has 0 bridgehead atoms. The number of carbonyl (C=O) groups is 1. The average Bonchev–Trinajstić information content (AvgIpc) is 2.30. The van der Waals surface area contributed by atoms with Gasteiger partial charge in [0.2, 0.25) is 0 Å². The molecule has 0 fully saturated rings. The van der Waals surface area contributed by atoms with Gasteiger partial charge in [0.05, 0.1) is 12.5 Å². The highest BCUT2D eigenvalue weighted by Gasteiger charge is 2.03. The maximum absolute atomic E-state index is 11.6. The molecule has 0 heterocycles. The van der Waals surface area contributed by atoms with Crippen LogP contribution in [0.15, 0.2) is 24.3 Å². The Bertz CT molecular complexity index is 376. The summed E-state index contributed by atoms with van der Waals surface area (Å²) in [5.41, 5.74) is 1.59. The number of carbonyl (C=O) groups excluding carboxylic acids is 1. The van der Waals surface area contributed by atoms with Gasteiger partial charge in [0, 0.05) is 12.1 Å². The molecule has 3 heteroatoms. The number of rotatable bonds is 5. The van der Waals surface area contributed by atoms with Crippen LogP contribution in [0.4, 0.5) is 0 Å². The first-order valence-corrected chi connectivity index (χ1v) is 5.52. The third-order valence-electron chi connectivity index (χ3n) is 2.32. The lowest BCUT2D eigenvalue weighted by molar-refractivity contribution is 0.0953. The second-order valence-corrected chi connectivity index (χ2v) is 3.64.